The fourth-order valence-electron chi connectivity index (χ4n) is 1.60. The minimum atomic E-state index is -0.538. The zero-order valence-electron chi connectivity index (χ0n) is 10.3. The van der Waals surface area contributed by atoms with Crippen LogP contribution < -0.4 is 15.8 Å². The third-order valence-corrected chi connectivity index (χ3v) is 4.17. The van der Waals surface area contributed by atoms with E-state index in [0.29, 0.717) is 22.8 Å². The Hall–Kier alpha value is -0.980. The summed E-state index contributed by atoms with van der Waals surface area (Å²) in [6, 6.07) is 6.20. The first-order valence-corrected chi connectivity index (χ1v) is 7.43. The number of nitrogens with two attached hydrogens (primary N) is 1. The smallest absolute Gasteiger partial charge is 0.144 e. The van der Waals surface area contributed by atoms with Gasteiger partial charge in [0.2, 0.25) is 0 Å². The highest BCUT2D eigenvalue weighted by atomic mass is 79.9. The summed E-state index contributed by atoms with van der Waals surface area (Å²) in [5, 5.41) is 3.03. The van der Waals surface area contributed by atoms with E-state index in [0.717, 1.165) is 8.95 Å². The van der Waals surface area contributed by atoms with Crippen LogP contribution in [0, 0.1) is 5.82 Å². The van der Waals surface area contributed by atoms with Crippen molar-refractivity contribution in [1.29, 1.82) is 0 Å². The van der Waals surface area contributed by atoms with E-state index in [9.17, 15) is 4.39 Å². The average molecular weight is 424 g/mol. The SMILES string of the molecule is COc1cc(Nc2cc(F)c(Cl)cc2N)c(Br)cc1Br. The lowest BCUT2D eigenvalue weighted by Gasteiger charge is -2.14. The first kappa shape index (κ1) is 15.4. The minimum absolute atomic E-state index is 0.0134. The second kappa shape index (κ2) is 6.20. The van der Waals surface area contributed by atoms with Gasteiger partial charge in [0.1, 0.15) is 11.6 Å². The Bertz CT molecular complexity index is 667. The van der Waals surface area contributed by atoms with E-state index in [-0.39, 0.29) is 5.02 Å². The molecule has 0 aromatic heterocycles. The van der Waals surface area contributed by atoms with Crippen LogP contribution in [-0.2, 0) is 0 Å². The first-order chi connectivity index (χ1) is 9.42. The van der Waals surface area contributed by atoms with Crippen LogP contribution >= 0.6 is 43.5 Å². The molecule has 0 amide bonds. The second-order valence-corrected chi connectivity index (χ2v) is 6.06. The largest absolute Gasteiger partial charge is 0.495 e. The van der Waals surface area contributed by atoms with Crippen LogP contribution in [0.5, 0.6) is 5.75 Å². The van der Waals surface area contributed by atoms with E-state index in [1.807, 2.05) is 6.07 Å². The second-order valence-electron chi connectivity index (χ2n) is 3.95. The number of rotatable bonds is 3. The van der Waals surface area contributed by atoms with Gasteiger partial charge in [0.05, 0.1) is 33.7 Å². The molecule has 106 valence electrons. The normalized spacial score (nSPS) is 10.4. The van der Waals surface area contributed by atoms with Crippen molar-refractivity contribution in [2.24, 2.45) is 0 Å². The van der Waals surface area contributed by atoms with Crippen molar-refractivity contribution in [2.75, 3.05) is 18.2 Å². The third kappa shape index (κ3) is 3.19. The molecule has 3 nitrogen and oxygen atoms in total. The van der Waals surface area contributed by atoms with Crippen LogP contribution in [0.1, 0.15) is 0 Å². The third-order valence-electron chi connectivity index (χ3n) is 2.60. The molecule has 20 heavy (non-hydrogen) atoms. The molecule has 0 fully saturated rings. The molecule has 2 rings (SSSR count). The predicted molar refractivity (Wildman–Crippen MR) is 87.5 cm³/mol. The number of benzene rings is 2. The molecule has 0 saturated heterocycles. The van der Waals surface area contributed by atoms with Gasteiger partial charge in [-0.3, -0.25) is 0 Å². The van der Waals surface area contributed by atoms with E-state index in [4.69, 9.17) is 22.1 Å². The van der Waals surface area contributed by atoms with Crippen LogP contribution in [0.25, 0.3) is 0 Å². The molecule has 7 heteroatoms. The molecule has 0 heterocycles. The summed E-state index contributed by atoms with van der Waals surface area (Å²) in [4.78, 5) is 0. The van der Waals surface area contributed by atoms with Crippen molar-refractivity contribution in [2.45, 2.75) is 0 Å². The predicted octanol–water partition coefficient (Wildman–Crippen LogP) is 5.34. The highest BCUT2D eigenvalue weighted by Gasteiger charge is 2.11. The standard InChI is InChI=1S/C13H10Br2ClFN2O/c1-20-13-5-11(6(14)2-7(13)15)19-12-4-9(17)8(16)3-10(12)18/h2-5,19H,18H2,1H3. The lowest BCUT2D eigenvalue weighted by molar-refractivity contribution is 0.412. The maximum absolute atomic E-state index is 13.5. The van der Waals surface area contributed by atoms with E-state index >= 15 is 0 Å². The van der Waals surface area contributed by atoms with Crippen molar-refractivity contribution in [3.8, 4) is 5.75 Å². The number of hydrogen-bond acceptors (Lipinski definition) is 3. The summed E-state index contributed by atoms with van der Waals surface area (Å²) in [6.45, 7) is 0. The summed E-state index contributed by atoms with van der Waals surface area (Å²) in [5.41, 5.74) is 7.29. The lowest BCUT2D eigenvalue weighted by atomic mass is 10.2. The van der Waals surface area contributed by atoms with Crippen molar-refractivity contribution in [3.05, 3.63) is 44.1 Å². The number of halogens is 4. The molecule has 0 aliphatic rings. The van der Waals surface area contributed by atoms with Gasteiger partial charge in [0.15, 0.2) is 0 Å². The van der Waals surface area contributed by atoms with Crippen molar-refractivity contribution >= 4 is 60.5 Å². The van der Waals surface area contributed by atoms with Crippen molar-refractivity contribution in [3.63, 3.8) is 0 Å². The van der Waals surface area contributed by atoms with Gasteiger partial charge in [-0.15, -0.1) is 0 Å². The van der Waals surface area contributed by atoms with Gasteiger partial charge in [-0.05, 0) is 44.0 Å². The zero-order valence-corrected chi connectivity index (χ0v) is 14.2. The molecule has 2 aromatic rings. The Kier molecular flexibility index (Phi) is 4.78. The molecule has 0 atom stereocenters. The number of nitrogens with one attached hydrogen (secondary N) is 1. The number of ether oxygens (including phenoxy) is 1. The number of anilines is 3. The molecule has 0 radical (unpaired) electrons. The fourth-order valence-corrected chi connectivity index (χ4v) is 3.02. The van der Waals surface area contributed by atoms with Crippen LogP contribution in [0.2, 0.25) is 5.02 Å². The highest BCUT2D eigenvalue weighted by molar-refractivity contribution is 9.11. The summed E-state index contributed by atoms with van der Waals surface area (Å²) in [5.74, 6) is 0.104. The van der Waals surface area contributed by atoms with E-state index in [1.54, 1.807) is 13.2 Å². The lowest BCUT2D eigenvalue weighted by Crippen LogP contribution is -1.99. The van der Waals surface area contributed by atoms with Crippen LogP contribution in [-0.4, -0.2) is 7.11 Å². The Labute approximate surface area is 137 Å². The summed E-state index contributed by atoms with van der Waals surface area (Å²) in [6.07, 6.45) is 0. The molecule has 0 aliphatic heterocycles. The molecule has 0 bridgehead atoms. The fraction of sp³-hybridized carbons (Fsp3) is 0.0769. The van der Waals surface area contributed by atoms with Gasteiger partial charge in [0.25, 0.3) is 0 Å². The topological polar surface area (TPSA) is 47.3 Å². The van der Waals surface area contributed by atoms with Crippen LogP contribution in [0.3, 0.4) is 0 Å². The molecular formula is C13H10Br2ClFN2O. The maximum atomic E-state index is 13.5. The van der Waals surface area contributed by atoms with Crippen molar-refractivity contribution < 1.29 is 9.13 Å². The molecule has 3 N–H and O–H groups in total. The maximum Gasteiger partial charge on any atom is 0.144 e. The molecule has 0 aliphatic carbocycles. The van der Waals surface area contributed by atoms with Crippen LogP contribution in [0.4, 0.5) is 21.5 Å². The zero-order chi connectivity index (χ0) is 14.9. The number of hydrogen-bond donors (Lipinski definition) is 2. The Morgan fingerprint density at radius 1 is 1.15 bits per heavy atom. The average Bonchev–Trinajstić information content (AvgIpc) is 2.38. The summed E-state index contributed by atoms with van der Waals surface area (Å²) < 4.78 is 20.3. The van der Waals surface area contributed by atoms with E-state index in [2.05, 4.69) is 37.2 Å². The molecular weight excluding hydrogens is 414 g/mol. The Morgan fingerprint density at radius 3 is 2.50 bits per heavy atom. The number of nitrogen functional groups attached to an aromatic ring is 1. The Morgan fingerprint density at radius 2 is 1.85 bits per heavy atom. The first-order valence-electron chi connectivity index (χ1n) is 5.47. The van der Waals surface area contributed by atoms with Gasteiger partial charge in [-0.1, -0.05) is 11.6 Å². The number of methoxy groups -OCH3 is 1. The Balaban J connectivity index is 2.42. The van der Waals surface area contributed by atoms with Gasteiger partial charge >= 0.3 is 0 Å². The van der Waals surface area contributed by atoms with Crippen molar-refractivity contribution in [1.82, 2.24) is 0 Å². The van der Waals surface area contributed by atoms with Crippen LogP contribution in [0.15, 0.2) is 33.2 Å². The van der Waals surface area contributed by atoms with Gasteiger partial charge in [-0.25, -0.2) is 4.39 Å². The molecule has 0 spiro atoms. The minimum Gasteiger partial charge on any atom is -0.495 e. The van der Waals surface area contributed by atoms with Gasteiger partial charge in [-0.2, -0.15) is 0 Å². The van der Waals surface area contributed by atoms with Gasteiger partial charge in [0, 0.05) is 16.6 Å². The van der Waals surface area contributed by atoms with E-state index < -0.39 is 5.82 Å². The summed E-state index contributed by atoms with van der Waals surface area (Å²) in [7, 11) is 1.56. The molecule has 0 unspecified atom stereocenters. The summed E-state index contributed by atoms with van der Waals surface area (Å²) >= 11 is 12.5. The highest BCUT2D eigenvalue weighted by Crippen LogP contribution is 2.37. The molecule has 2 aromatic carbocycles. The monoisotopic (exact) mass is 422 g/mol. The van der Waals surface area contributed by atoms with E-state index in [1.165, 1.54) is 12.1 Å². The molecule has 0 saturated carbocycles. The quantitative estimate of drug-likeness (QED) is 0.654. The van der Waals surface area contributed by atoms with Gasteiger partial charge < -0.3 is 15.8 Å².